The van der Waals surface area contributed by atoms with Crippen LogP contribution >= 0.6 is 0 Å². The maximum atomic E-state index is 5.94. The third kappa shape index (κ3) is 3.34. The van der Waals surface area contributed by atoms with Crippen molar-refractivity contribution in [3.63, 3.8) is 0 Å². The molecule has 1 fully saturated rings. The molecule has 6 aromatic rings. The molecule has 1 aliphatic rings. The highest BCUT2D eigenvalue weighted by Gasteiger charge is 2.24. The van der Waals surface area contributed by atoms with Crippen molar-refractivity contribution in [2.45, 2.75) is 6.04 Å². The Morgan fingerprint density at radius 3 is 2.66 bits per heavy atom. The van der Waals surface area contributed by atoms with Gasteiger partial charge in [-0.2, -0.15) is 5.10 Å². The van der Waals surface area contributed by atoms with E-state index < -0.39 is 0 Å². The van der Waals surface area contributed by atoms with E-state index in [1.54, 1.807) is 18.6 Å². The molecule has 4 N–H and O–H groups in total. The molecule has 0 saturated carbocycles. The van der Waals surface area contributed by atoms with Crippen molar-refractivity contribution in [2.24, 2.45) is 5.73 Å². The molecular formula is C27H22N8. The number of fused-ring (bicyclic) bond motifs is 2. The van der Waals surface area contributed by atoms with Crippen LogP contribution in [0.5, 0.6) is 0 Å². The van der Waals surface area contributed by atoms with E-state index in [0.717, 1.165) is 74.5 Å². The Morgan fingerprint density at radius 1 is 0.857 bits per heavy atom. The fourth-order valence-electron chi connectivity index (χ4n) is 4.78. The molecule has 5 heterocycles. The molecule has 0 atom stereocenters. The first-order valence-electron chi connectivity index (χ1n) is 11.6. The van der Waals surface area contributed by atoms with Gasteiger partial charge in [-0.05, 0) is 35.9 Å². The number of hydrogen-bond donors (Lipinski definition) is 3. The van der Waals surface area contributed by atoms with E-state index in [1.165, 1.54) is 0 Å². The fraction of sp³-hybridized carbons (Fsp3) is 0.111. The predicted molar refractivity (Wildman–Crippen MR) is 138 cm³/mol. The number of pyridine rings is 1. The van der Waals surface area contributed by atoms with E-state index in [9.17, 15) is 0 Å². The predicted octanol–water partition coefficient (Wildman–Crippen LogP) is 4.38. The van der Waals surface area contributed by atoms with Crippen LogP contribution < -0.4 is 10.6 Å². The number of nitrogens with one attached hydrogen (secondary N) is 2. The number of nitrogens with two attached hydrogens (primary N) is 1. The Kier molecular flexibility index (Phi) is 4.40. The lowest BCUT2D eigenvalue weighted by Gasteiger charge is -2.37. The van der Waals surface area contributed by atoms with Gasteiger partial charge in [-0.1, -0.05) is 24.3 Å². The van der Waals surface area contributed by atoms with Crippen LogP contribution in [0.4, 0.5) is 5.82 Å². The lowest BCUT2D eigenvalue weighted by molar-refractivity contribution is 0.514. The van der Waals surface area contributed by atoms with E-state index in [2.05, 4.69) is 66.4 Å². The van der Waals surface area contributed by atoms with Crippen LogP contribution in [0.25, 0.3) is 55.6 Å². The Labute approximate surface area is 200 Å². The van der Waals surface area contributed by atoms with Crippen molar-refractivity contribution in [2.75, 3.05) is 18.0 Å². The molecule has 0 aliphatic carbocycles. The van der Waals surface area contributed by atoms with E-state index in [0.29, 0.717) is 0 Å². The average molecular weight is 459 g/mol. The standard InChI is InChI=1S/C27H22N8/c28-18-14-35(15-18)26-13-30-12-25(32-26)16-6-7-23-21(9-16)27(34-33-23)24-10-20-19(4-1-5-22(20)31-24)17-3-2-8-29-11-17/h1-13,18,31H,14-15,28H2,(H,33,34). The van der Waals surface area contributed by atoms with Crippen LogP contribution in [0.2, 0.25) is 0 Å². The van der Waals surface area contributed by atoms with E-state index in [1.807, 2.05) is 24.4 Å². The van der Waals surface area contributed by atoms with Gasteiger partial charge < -0.3 is 15.6 Å². The lowest BCUT2D eigenvalue weighted by atomic mass is 10.0. The van der Waals surface area contributed by atoms with Crippen molar-refractivity contribution in [3.05, 3.63) is 79.4 Å². The molecule has 0 unspecified atom stereocenters. The minimum atomic E-state index is 0.209. The van der Waals surface area contributed by atoms with Crippen molar-refractivity contribution >= 4 is 27.6 Å². The number of benzene rings is 2. The Hall–Kier alpha value is -4.56. The summed E-state index contributed by atoms with van der Waals surface area (Å²) in [5, 5.41) is 9.98. The molecule has 7 rings (SSSR count). The van der Waals surface area contributed by atoms with Gasteiger partial charge in [-0.15, -0.1) is 0 Å². The van der Waals surface area contributed by atoms with Gasteiger partial charge >= 0.3 is 0 Å². The maximum absolute atomic E-state index is 5.94. The first-order valence-corrected chi connectivity index (χ1v) is 11.6. The van der Waals surface area contributed by atoms with Gasteiger partial charge in [0.25, 0.3) is 0 Å². The van der Waals surface area contributed by atoms with Crippen molar-refractivity contribution in [1.82, 2.24) is 30.1 Å². The molecule has 8 nitrogen and oxygen atoms in total. The zero-order valence-electron chi connectivity index (χ0n) is 18.8. The second kappa shape index (κ2) is 7.75. The minimum Gasteiger partial charge on any atom is -0.353 e. The third-order valence-electron chi connectivity index (χ3n) is 6.61. The molecule has 1 saturated heterocycles. The summed E-state index contributed by atoms with van der Waals surface area (Å²) >= 11 is 0. The van der Waals surface area contributed by atoms with Crippen LogP contribution in [0.15, 0.2) is 79.4 Å². The molecule has 35 heavy (non-hydrogen) atoms. The van der Waals surface area contributed by atoms with Gasteiger partial charge in [-0.25, -0.2) is 4.98 Å². The van der Waals surface area contributed by atoms with Crippen molar-refractivity contribution in [1.29, 1.82) is 0 Å². The van der Waals surface area contributed by atoms with E-state index in [-0.39, 0.29) is 6.04 Å². The maximum Gasteiger partial charge on any atom is 0.147 e. The highest BCUT2D eigenvalue weighted by Crippen LogP contribution is 2.35. The number of aromatic nitrogens is 6. The summed E-state index contributed by atoms with van der Waals surface area (Å²) in [4.78, 5) is 19.2. The molecule has 0 radical (unpaired) electrons. The van der Waals surface area contributed by atoms with E-state index >= 15 is 0 Å². The molecule has 0 bridgehead atoms. The second-order valence-corrected chi connectivity index (χ2v) is 8.95. The molecule has 8 heteroatoms. The van der Waals surface area contributed by atoms with Crippen LogP contribution in [-0.2, 0) is 0 Å². The number of rotatable bonds is 4. The fourth-order valence-corrected chi connectivity index (χ4v) is 4.78. The zero-order valence-corrected chi connectivity index (χ0v) is 18.8. The largest absolute Gasteiger partial charge is 0.353 e. The molecular weight excluding hydrogens is 436 g/mol. The van der Waals surface area contributed by atoms with Gasteiger partial charge in [0.05, 0.1) is 29.3 Å². The quantitative estimate of drug-likeness (QED) is 0.361. The summed E-state index contributed by atoms with van der Waals surface area (Å²) in [6.07, 6.45) is 7.27. The first kappa shape index (κ1) is 19.9. The summed E-state index contributed by atoms with van der Waals surface area (Å²) in [5.74, 6) is 0.857. The lowest BCUT2D eigenvalue weighted by Crippen LogP contribution is -2.56. The summed E-state index contributed by atoms with van der Waals surface area (Å²) in [6.45, 7) is 1.62. The van der Waals surface area contributed by atoms with Crippen LogP contribution in [0.1, 0.15) is 0 Å². The highest BCUT2D eigenvalue weighted by molar-refractivity contribution is 6.01. The first-order chi connectivity index (χ1) is 17.2. The average Bonchev–Trinajstić information content (AvgIpc) is 3.51. The molecule has 0 spiro atoms. The second-order valence-electron chi connectivity index (χ2n) is 8.95. The highest BCUT2D eigenvalue weighted by atomic mass is 15.3. The molecule has 170 valence electrons. The monoisotopic (exact) mass is 458 g/mol. The van der Waals surface area contributed by atoms with Crippen LogP contribution in [0.3, 0.4) is 0 Å². The van der Waals surface area contributed by atoms with E-state index in [4.69, 9.17) is 10.7 Å². The van der Waals surface area contributed by atoms with Gasteiger partial charge in [0, 0.05) is 58.9 Å². The Bertz CT molecular complexity index is 1680. The van der Waals surface area contributed by atoms with Gasteiger partial charge in [0.2, 0.25) is 0 Å². The van der Waals surface area contributed by atoms with Crippen molar-refractivity contribution < 1.29 is 0 Å². The third-order valence-corrected chi connectivity index (χ3v) is 6.61. The molecule has 1 aliphatic heterocycles. The molecule has 2 aromatic carbocycles. The van der Waals surface area contributed by atoms with Gasteiger partial charge in [0.1, 0.15) is 11.5 Å². The number of aromatic amines is 2. The summed E-state index contributed by atoms with van der Waals surface area (Å²) in [7, 11) is 0. The SMILES string of the molecule is NC1CN(c2cncc(-c3ccc4[nH]nc(-c5cc6c(-c7cccnc7)cccc6[nH]5)c4c3)n2)C1. The molecule has 0 amide bonds. The van der Waals surface area contributed by atoms with Crippen LogP contribution in [-0.4, -0.2) is 49.3 Å². The molecule has 4 aromatic heterocycles. The smallest absolute Gasteiger partial charge is 0.147 e. The Balaban J connectivity index is 1.31. The normalized spacial score (nSPS) is 14.0. The minimum absolute atomic E-state index is 0.209. The Morgan fingerprint density at radius 2 is 1.80 bits per heavy atom. The number of nitrogens with zero attached hydrogens (tertiary/aromatic N) is 5. The number of hydrogen-bond acceptors (Lipinski definition) is 6. The number of H-pyrrole nitrogens is 2. The summed E-state index contributed by atoms with van der Waals surface area (Å²) in [6, 6.07) is 18.9. The van der Waals surface area contributed by atoms with Crippen molar-refractivity contribution in [3.8, 4) is 33.8 Å². The number of anilines is 1. The van der Waals surface area contributed by atoms with Crippen LogP contribution in [0, 0.1) is 0 Å². The summed E-state index contributed by atoms with van der Waals surface area (Å²) in [5.41, 5.74) is 13.8. The topological polar surface area (TPSA) is 112 Å². The van der Waals surface area contributed by atoms with Gasteiger partial charge in [0.15, 0.2) is 0 Å². The summed E-state index contributed by atoms with van der Waals surface area (Å²) < 4.78 is 0. The van der Waals surface area contributed by atoms with Gasteiger partial charge in [-0.3, -0.25) is 15.1 Å². The zero-order chi connectivity index (χ0) is 23.4.